The minimum atomic E-state index is -0.0362. The number of nitrogens with zero attached hydrogens (tertiary/aromatic N) is 4. The van der Waals surface area contributed by atoms with Gasteiger partial charge in [0.15, 0.2) is 0 Å². The van der Waals surface area contributed by atoms with Crippen LogP contribution < -0.4 is 15.9 Å². The first-order valence-electron chi connectivity index (χ1n) is 12.4. The highest BCUT2D eigenvalue weighted by Crippen LogP contribution is 2.42. The van der Waals surface area contributed by atoms with Gasteiger partial charge in [-0.2, -0.15) is 5.10 Å². The summed E-state index contributed by atoms with van der Waals surface area (Å²) < 4.78 is 1.65. The van der Waals surface area contributed by atoms with Crippen LogP contribution in [-0.4, -0.2) is 29.9 Å². The van der Waals surface area contributed by atoms with Crippen molar-refractivity contribution in [3.05, 3.63) is 81.0 Å². The SMILES string of the molecule is CN(C)c1ccc(C=NNc2nc3sc4c(c3c(=O)n2-c2ccccc2)CCC(C(C)(C)C)C4)cc1. The summed E-state index contributed by atoms with van der Waals surface area (Å²) in [6, 6.07) is 17.8. The van der Waals surface area contributed by atoms with Gasteiger partial charge >= 0.3 is 0 Å². The molecular weight excluding hydrogens is 466 g/mol. The number of aryl methyl sites for hydroxylation is 1. The van der Waals surface area contributed by atoms with Crippen LogP contribution in [0.4, 0.5) is 11.6 Å². The van der Waals surface area contributed by atoms with E-state index in [0.29, 0.717) is 11.9 Å². The molecule has 1 unspecified atom stereocenters. The summed E-state index contributed by atoms with van der Waals surface area (Å²) in [6.45, 7) is 6.93. The van der Waals surface area contributed by atoms with Gasteiger partial charge in [-0.3, -0.25) is 4.79 Å². The third-order valence-corrected chi connectivity index (χ3v) is 8.26. The van der Waals surface area contributed by atoms with Gasteiger partial charge in [-0.25, -0.2) is 15.0 Å². The minimum Gasteiger partial charge on any atom is -0.378 e. The first kappa shape index (κ1) is 24.3. The van der Waals surface area contributed by atoms with Crippen molar-refractivity contribution in [2.24, 2.45) is 16.4 Å². The van der Waals surface area contributed by atoms with Crippen LogP contribution in [0, 0.1) is 11.3 Å². The van der Waals surface area contributed by atoms with Crippen LogP contribution in [0.1, 0.15) is 43.2 Å². The first-order valence-corrected chi connectivity index (χ1v) is 13.2. The summed E-state index contributed by atoms with van der Waals surface area (Å²) >= 11 is 1.66. The fourth-order valence-electron chi connectivity index (χ4n) is 4.88. The number of anilines is 2. The minimum absolute atomic E-state index is 0.0362. The lowest BCUT2D eigenvalue weighted by Gasteiger charge is -2.33. The van der Waals surface area contributed by atoms with Gasteiger partial charge in [-0.15, -0.1) is 11.3 Å². The van der Waals surface area contributed by atoms with E-state index in [2.05, 4.69) is 36.2 Å². The third-order valence-electron chi connectivity index (χ3n) is 7.11. The Morgan fingerprint density at radius 2 is 1.83 bits per heavy atom. The highest BCUT2D eigenvalue weighted by Gasteiger charge is 2.32. The van der Waals surface area contributed by atoms with Gasteiger partial charge < -0.3 is 4.90 Å². The average Bonchev–Trinajstić information content (AvgIpc) is 3.22. The third kappa shape index (κ3) is 4.67. The predicted octanol–water partition coefficient (Wildman–Crippen LogP) is 6.11. The number of nitrogens with one attached hydrogen (secondary N) is 1. The van der Waals surface area contributed by atoms with Crippen LogP contribution in [0.3, 0.4) is 0 Å². The summed E-state index contributed by atoms with van der Waals surface area (Å²) in [5.41, 5.74) is 7.32. The van der Waals surface area contributed by atoms with E-state index in [1.165, 1.54) is 10.4 Å². The molecule has 2 aromatic carbocycles. The highest BCUT2D eigenvalue weighted by molar-refractivity contribution is 7.18. The Bertz CT molecular complexity index is 1460. The van der Waals surface area contributed by atoms with E-state index in [1.807, 2.05) is 68.7 Å². The first-order chi connectivity index (χ1) is 17.2. The second-order valence-electron chi connectivity index (χ2n) is 10.8. The zero-order valence-corrected chi connectivity index (χ0v) is 22.4. The molecule has 1 atom stereocenters. The fraction of sp³-hybridized carbons (Fsp3) is 0.345. The molecule has 0 fully saturated rings. The molecule has 1 aliphatic rings. The molecule has 0 aliphatic heterocycles. The zero-order chi connectivity index (χ0) is 25.4. The molecule has 6 nitrogen and oxygen atoms in total. The smallest absolute Gasteiger partial charge is 0.268 e. The molecule has 2 heterocycles. The second kappa shape index (κ2) is 9.54. The molecule has 0 bridgehead atoms. The quantitative estimate of drug-likeness (QED) is 0.266. The summed E-state index contributed by atoms with van der Waals surface area (Å²) in [6.07, 6.45) is 4.79. The molecule has 2 aromatic heterocycles. The summed E-state index contributed by atoms with van der Waals surface area (Å²) in [5, 5.41) is 5.20. The van der Waals surface area contributed by atoms with Gasteiger partial charge in [0.25, 0.3) is 5.56 Å². The average molecular weight is 500 g/mol. The van der Waals surface area contributed by atoms with E-state index in [-0.39, 0.29) is 11.0 Å². The van der Waals surface area contributed by atoms with Crippen LogP contribution in [0.25, 0.3) is 15.9 Å². The molecule has 1 N–H and O–H groups in total. The van der Waals surface area contributed by atoms with Crippen LogP contribution in [0.15, 0.2) is 64.5 Å². The number of hydrogen-bond acceptors (Lipinski definition) is 6. The molecule has 5 rings (SSSR count). The number of rotatable bonds is 5. The monoisotopic (exact) mass is 499 g/mol. The Labute approximate surface area is 216 Å². The van der Waals surface area contributed by atoms with Crippen molar-refractivity contribution >= 4 is 39.4 Å². The van der Waals surface area contributed by atoms with E-state index < -0.39 is 0 Å². The molecule has 0 amide bonds. The predicted molar refractivity (Wildman–Crippen MR) is 152 cm³/mol. The van der Waals surface area contributed by atoms with Gasteiger partial charge in [-0.05, 0) is 66.0 Å². The maximum absolute atomic E-state index is 13.9. The number of para-hydroxylation sites is 1. The van der Waals surface area contributed by atoms with E-state index >= 15 is 0 Å². The molecule has 0 saturated heterocycles. The van der Waals surface area contributed by atoms with Crippen LogP contribution in [0.2, 0.25) is 0 Å². The van der Waals surface area contributed by atoms with Gasteiger partial charge in [-0.1, -0.05) is 51.1 Å². The number of hydrazone groups is 1. The molecular formula is C29H33N5OS. The molecule has 0 radical (unpaired) electrons. The number of hydrogen-bond donors (Lipinski definition) is 1. The van der Waals surface area contributed by atoms with Crippen LogP contribution in [0.5, 0.6) is 0 Å². The lowest BCUT2D eigenvalue weighted by Crippen LogP contribution is -2.27. The Morgan fingerprint density at radius 3 is 2.50 bits per heavy atom. The fourth-order valence-corrected chi connectivity index (χ4v) is 6.17. The van der Waals surface area contributed by atoms with E-state index in [0.717, 1.165) is 46.4 Å². The molecule has 36 heavy (non-hydrogen) atoms. The molecule has 186 valence electrons. The normalized spacial score (nSPS) is 15.9. The van der Waals surface area contributed by atoms with Crippen molar-refractivity contribution in [1.82, 2.24) is 9.55 Å². The lowest BCUT2D eigenvalue weighted by atomic mass is 9.72. The van der Waals surface area contributed by atoms with E-state index in [9.17, 15) is 4.79 Å². The largest absolute Gasteiger partial charge is 0.378 e. The topological polar surface area (TPSA) is 62.5 Å². The van der Waals surface area contributed by atoms with Crippen molar-refractivity contribution in [1.29, 1.82) is 0 Å². The number of fused-ring (bicyclic) bond motifs is 3. The highest BCUT2D eigenvalue weighted by atomic mass is 32.1. The number of aromatic nitrogens is 2. The van der Waals surface area contributed by atoms with E-state index in [1.54, 1.807) is 22.1 Å². The van der Waals surface area contributed by atoms with Gasteiger partial charge in [0.1, 0.15) is 4.83 Å². The van der Waals surface area contributed by atoms with Crippen molar-refractivity contribution in [2.75, 3.05) is 24.4 Å². The Hall–Kier alpha value is -3.45. The standard InChI is InChI=1S/C29H33N5OS/c1-29(2,3)20-13-16-23-24(17-20)36-26-25(23)27(35)34(22-9-7-6-8-10-22)28(31-26)32-30-18-19-11-14-21(15-12-19)33(4)5/h6-12,14-15,18,20H,13,16-17H2,1-5H3,(H,31,32). The van der Waals surface area contributed by atoms with Crippen molar-refractivity contribution in [2.45, 2.75) is 40.0 Å². The maximum Gasteiger partial charge on any atom is 0.268 e. The van der Waals surface area contributed by atoms with Gasteiger partial charge in [0.05, 0.1) is 17.3 Å². The van der Waals surface area contributed by atoms with Gasteiger partial charge in [0.2, 0.25) is 5.95 Å². The Morgan fingerprint density at radius 1 is 1.11 bits per heavy atom. The molecule has 1 aliphatic carbocycles. The van der Waals surface area contributed by atoms with Crippen LogP contribution in [-0.2, 0) is 12.8 Å². The maximum atomic E-state index is 13.9. The number of benzene rings is 2. The summed E-state index contributed by atoms with van der Waals surface area (Å²) in [4.78, 5) is 23.0. The van der Waals surface area contributed by atoms with Gasteiger partial charge in [0, 0.05) is 24.7 Å². The molecule has 4 aromatic rings. The molecule has 0 saturated carbocycles. The molecule has 0 spiro atoms. The number of thiophene rings is 1. The van der Waals surface area contributed by atoms with Crippen molar-refractivity contribution < 1.29 is 0 Å². The lowest BCUT2D eigenvalue weighted by molar-refractivity contribution is 0.218. The summed E-state index contributed by atoms with van der Waals surface area (Å²) in [7, 11) is 4.03. The Kier molecular flexibility index (Phi) is 6.43. The van der Waals surface area contributed by atoms with E-state index in [4.69, 9.17) is 4.98 Å². The van der Waals surface area contributed by atoms with Crippen LogP contribution >= 0.6 is 11.3 Å². The van der Waals surface area contributed by atoms with Crippen molar-refractivity contribution in [3.63, 3.8) is 0 Å². The Balaban J connectivity index is 1.55. The summed E-state index contributed by atoms with van der Waals surface area (Å²) in [5.74, 6) is 1.03. The second-order valence-corrected chi connectivity index (χ2v) is 11.8. The molecule has 7 heteroatoms. The zero-order valence-electron chi connectivity index (χ0n) is 21.6. The van der Waals surface area contributed by atoms with Crippen molar-refractivity contribution in [3.8, 4) is 5.69 Å².